The molecule has 2 heterocycles. The summed E-state index contributed by atoms with van der Waals surface area (Å²) < 4.78 is 20.0. The van der Waals surface area contributed by atoms with Crippen LogP contribution in [0.1, 0.15) is 31.2 Å². The third-order valence-corrected chi connectivity index (χ3v) is 9.35. The van der Waals surface area contributed by atoms with Crippen LogP contribution < -0.4 is 9.80 Å². The number of carbonyl (C=O) groups excluding carboxylic acids is 4. The van der Waals surface area contributed by atoms with Crippen molar-refractivity contribution in [3.8, 4) is 5.75 Å². The van der Waals surface area contributed by atoms with E-state index in [0.717, 1.165) is 24.4 Å². The number of rotatable bonds is 3. The van der Waals surface area contributed by atoms with Crippen molar-refractivity contribution in [3.05, 3.63) is 88.3 Å². The van der Waals surface area contributed by atoms with Crippen molar-refractivity contribution in [2.45, 2.75) is 25.7 Å². The Kier molecular flexibility index (Phi) is 6.23. The van der Waals surface area contributed by atoms with E-state index in [9.17, 15) is 28.7 Å². The Morgan fingerprint density at radius 2 is 1.64 bits per heavy atom. The normalized spacial score (nSPS) is 27.5. The van der Waals surface area contributed by atoms with E-state index in [1.54, 1.807) is 19.1 Å². The number of ether oxygens (including phenoxy) is 1. The van der Waals surface area contributed by atoms with Crippen LogP contribution in [-0.2, 0) is 23.9 Å². The molecule has 2 aromatic carbocycles. The summed E-state index contributed by atoms with van der Waals surface area (Å²) in [5, 5.41) is 9.82. The summed E-state index contributed by atoms with van der Waals surface area (Å²) in [6.45, 7) is 4.40. The number of allylic oxidation sites excluding steroid dienone is 6. The molecule has 42 heavy (non-hydrogen) atoms. The second-order valence-electron chi connectivity index (χ2n) is 11.6. The van der Waals surface area contributed by atoms with Crippen LogP contribution in [0.3, 0.4) is 0 Å². The van der Waals surface area contributed by atoms with Gasteiger partial charge in [-0.2, -0.15) is 0 Å². The zero-order valence-corrected chi connectivity index (χ0v) is 23.0. The van der Waals surface area contributed by atoms with E-state index in [1.807, 2.05) is 18.2 Å². The number of imide groups is 1. The average molecular weight is 569 g/mol. The van der Waals surface area contributed by atoms with E-state index >= 15 is 0 Å². The smallest absolute Gasteiger partial charge is 0.238 e. The standard InChI is InChI=1S/C33H29FN2O6/c1-17-14-27(38)30-24(31(17)39)16-23-21(28(30)18-2-9-26(37)25(34)15-18)7-8-22-29(23)33(41)36(32(22)40)20-5-3-19(4-6-20)35-10-12-42-13-11-35/h2-7,9,14-15,22-23,28-29,37H,8,10-13,16H2,1H3. The van der Waals surface area contributed by atoms with E-state index < -0.39 is 35.2 Å². The maximum Gasteiger partial charge on any atom is 0.238 e. The van der Waals surface area contributed by atoms with Crippen LogP contribution in [0.15, 0.2) is 76.9 Å². The topological polar surface area (TPSA) is 104 Å². The number of anilines is 2. The number of hydrogen-bond acceptors (Lipinski definition) is 7. The third kappa shape index (κ3) is 3.98. The molecular weight excluding hydrogens is 539 g/mol. The van der Waals surface area contributed by atoms with Crippen molar-refractivity contribution in [2.24, 2.45) is 17.8 Å². The molecule has 2 aromatic rings. The number of aromatic hydroxyl groups is 1. The first-order chi connectivity index (χ1) is 20.2. The number of nitrogens with zero attached hydrogens (tertiary/aromatic N) is 2. The van der Waals surface area contributed by atoms with Gasteiger partial charge in [-0.05, 0) is 73.7 Å². The van der Waals surface area contributed by atoms with E-state index in [4.69, 9.17) is 4.74 Å². The summed E-state index contributed by atoms with van der Waals surface area (Å²) in [7, 11) is 0. The van der Waals surface area contributed by atoms with Crippen LogP contribution in [0, 0.1) is 23.6 Å². The second kappa shape index (κ2) is 9.87. The van der Waals surface area contributed by atoms with Crippen LogP contribution in [0.4, 0.5) is 15.8 Å². The molecule has 8 nitrogen and oxygen atoms in total. The number of phenols is 1. The number of fused-ring (bicyclic) bond motifs is 3. The van der Waals surface area contributed by atoms with Gasteiger partial charge in [0.25, 0.3) is 0 Å². The van der Waals surface area contributed by atoms with Crippen molar-refractivity contribution in [1.82, 2.24) is 0 Å². The molecule has 9 heteroatoms. The van der Waals surface area contributed by atoms with Gasteiger partial charge in [-0.1, -0.05) is 17.7 Å². The summed E-state index contributed by atoms with van der Waals surface area (Å²) in [4.78, 5) is 58.0. The fourth-order valence-electron chi connectivity index (χ4n) is 7.35. The SMILES string of the molecule is CC1=CC(=O)C2=C(CC3C(=CCC4C(=O)N(c5ccc(N6CCOCC6)cc5)C(=O)C43)C2c2ccc(O)c(F)c2)C1=O. The number of ketones is 2. The lowest BCUT2D eigenvalue weighted by atomic mass is 9.59. The number of phenolic OH excluding ortho intramolecular Hbond substituents is 1. The molecule has 2 fully saturated rings. The van der Waals surface area contributed by atoms with Gasteiger partial charge in [-0.25, -0.2) is 4.39 Å². The highest BCUT2D eigenvalue weighted by Gasteiger charge is 2.56. The highest BCUT2D eigenvalue weighted by molar-refractivity contribution is 6.25. The highest BCUT2D eigenvalue weighted by atomic mass is 19.1. The Labute approximate surface area is 241 Å². The van der Waals surface area contributed by atoms with Crippen molar-refractivity contribution < 1.29 is 33.4 Å². The molecule has 1 N–H and O–H groups in total. The fourth-order valence-corrected chi connectivity index (χ4v) is 7.35. The number of carbonyl (C=O) groups is 4. The Bertz CT molecular complexity index is 1650. The highest BCUT2D eigenvalue weighted by Crippen LogP contribution is 2.55. The van der Waals surface area contributed by atoms with Gasteiger partial charge in [0, 0.05) is 41.4 Å². The first-order valence-corrected chi connectivity index (χ1v) is 14.2. The van der Waals surface area contributed by atoms with Crippen molar-refractivity contribution >= 4 is 34.8 Å². The minimum atomic E-state index is -0.841. The van der Waals surface area contributed by atoms with Gasteiger partial charge in [0.1, 0.15) is 0 Å². The molecule has 0 saturated carbocycles. The second-order valence-corrected chi connectivity index (χ2v) is 11.6. The largest absolute Gasteiger partial charge is 0.505 e. The zero-order chi connectivity index (χ0) is 29.3. The molecule has 5 aliphatic rings. The van der Waals surface area contributed by atoms with E-state index in [0.29, 0.717) is 42.0 Å². The van der Waals surface area contributed by atoms with Gasteiger partial charge in [0.05, 0.1) is 30.7 Å². The maximum absolute atomic E-state index is 14.6. The number of halogens is 1. The molecule has 0 radical (unpaired) electrons. The summed E-state index contributed by atoms with van der Waals surface area (Å²) in [5.74, 6) is -5.17. The molecule has 2 amide bonds. The van der Waals surface area contributed by atoms with Gasteiger partial charge in [0.2, 0.25) is 11.8 Å². The monoisotopic (exact) mass is 568 g/mol. The minimum Gasteiger partial charge on any atom is -0.505 e. The van der Waals surface area contributed by atoms with Gasteiger partial charge < -0.3 is 14.7 Å². The van der Waals surface area contributed by atoms with Crippen LogP contribution in [0.5, 0.6) is 5.75 Å². The van der Waals surface area contributed by atoms with Crippen molar-refractivity contribution in [2.75, 3.05) is 36.1 Å². The van der Waals surface area contributed by atoms with E-state index in [2.05, 4.69) is 4.90 Å². The van der Waals surface area contributed by atoms with E-state index in [1.165, 1.54) is 29.2 Å². The molecule has 214 valence electrons. The van der Waals surface area contributed by atoms with Crippen LogP contribution in [0.25, 0.3) is 0 Å². The summed E-state index contributed by atoms with van der Waals surface area (Å²) in [6.07, 6.45) is 3.65. The first-order valence-electron chi connectivity index (χ1n) is 14.2. The molecule has 4 atom stereocenters. The van der Waals surface area contributed by atoms with Gasteiger partial charge in [-0.15, -0.1) is 0 Å². The first kappa shape index (κ1) is 26.5. The lowest BCUT2D eigenvalue weighted by Crippen LogP contribution is -2.39. The molecule has 2 aliphatic heterocycles. The average Bonchev–Trinajstić information content (AvgIpc) is 3.26. The number of hydrogen-bond donors (Lipinski definition) is 1. The number of morpholine rings is 1. The van der Waals surface area contributed by atoms with Crippen molar-refractivity contribution in [3.63, 3.8) is 0 Å². The molecule has 0 spiro atoms. The number of benzene rings is 2. The molecular formula is C33H29FN2O6. The summed E-state index contributed by atoms with van der Waals surface area (Å²) in [6, 6.07) is 11.3. The Morgan fingerprint density at radius 1 is 0.929 bits per heavy atom. The van der Waals surface area contributed by atoms with Crippen LogP contribution in [-0.4, -0.2) is 54.8 Å². The fraction of sp³-hybridized carbons (Fsp3) is 0.333. The van der Waals surface area contributed by atoms with E-state index in [-0.39, 0.29) is 35.4 Å². The van der Waals surface area contributed by atoms with Crippen LogP contribution in [0.2, 0.25) is 0 Å². The van der Waals surface area contributed by atoms with Gasteiger partial charge in [0.15, 0.2) is 23.1 Å². The Hall–Kier alpha value is -4.37. The summed E-state index contributed by atoms with van der Waals surface area (Å²) in [5.41, 5.74) is 3.54. The maximum atomic E-state index is 14.6. The zero-order valence-electron chi connectivity index (χ0n) is 23.0. The lowest BCUT2D eigenvalue weighted by Gasteiger charge is -2.42. The number of Topliss-reactive ketones (excluding diaryl/α,β-unsaturated/α-hetero) is 1. The Morgan fingerprint density at radius 3 is 2.36 bits per heavy atom. The predicted molar refractivity (Wildman–Crippen MR) is 151 cm³/mol. The molecule has 3 aliphatic carbocycles. The van der Waals surface area contributed by atoms with Gasteiger partial charge >= 0.3 is 0 Å². The molecule has 7 rings (SSSR count). The van der Waals surface area contributed by atoms with Crippen molar-refractivity contribution in [1.29, 1.82) is 0 Å². The molecule has 0 aromatic heterocycles. The lowest BCUT2D eigenvalue weighted by molar-refractivity contribution is -0.123. The third-order valence-electron chi connectivity index (χ3n) is 9.35. The Balaban J connectivity index is 1.27. The minimum absolute atomic E-state index is 0.151. The molecule has 4 unspecified atom stereocenters. The van der Waals surface area contributed by atoms with Crippen LogP contribution >= 0.6 is 0 Å². The predicted octanol–water partition coefficient (Wildman–Crippen LogP) is 4.00. The molecule has 2 saturated heterocycles. The quantitative estimate of drug-likeness (QED) is 0.339. The molecule has 0 bridgehead atoms. The number of amides is 2. The summed E-state index contributed by atoms with van der Waals surface area (Å²) >= 11 is 0. The van der Waals surface area contributed by atoms with Gasteiger partial charge in [-0.3, -0.25) is 24.1 Å².